The number of aryl methyl sites for hydroxylation is 1. The Morgan fingerprint density at radius 2 is 2.33 bits per heavy atom. The molecular weight excluding hydrogens is 202 g/mol. The van der Waals surface area contributed by atoms with E-state index in [4.69, 9.17) is 0 Å². The third-order valence-electron chi connectivity index (χ3n) is 3.15. The van der Waals surface area contributed by atoms with Crippen molar-refractivity contribution in [2.45, 2.75) is 19.4 Å². The van der Waals surface area contributed by atoms with E-state index in [-0.39, 0.29) is 0 Å². The summed E-state index contributed by atoms with van der Waals surface area (Å²) in [6, 6.07) is 9.43. The zero-order valence-electron chi connectivity index (χ0n) is 9.49. The third-order valence-corrected chi connectivity index (χ3v) is 4.34. The van der Waals surface area contributed by atoms with E-state index < -0.39 is 0 Å². The highest BCUT2D eigenvalue weighted by atomic mass is 32.2. The average molecular weight is 221 g/mol. The molecule has 1 nitrogen and oxygen atoms in total. The fourth-order valence-corrected chi connectivity index (χ4v) is 3.65. The number of rotatable bonds is 3. The Balaban J connectivity index is 2.18. The van der Waals surface area contributed by atoms with E-state index in [2.05, 4.69) is 55.3 Å². The van der Waals surface area contributed by atoms with Gasteiger partial charge in [0.05, 0.1) is 0 Å². The van der Waals surface area contributed by atoms with Crippen LogP contribution in [0.3, 0.4) is 0 Å². The first-order chi connectivity index (χ1) is 7.31. The first-order valence-corrected chi connectivity index (χ1v) is 6.78. The van der Waals surface area contributed by atoms with Crippen LogP contribution in [0.4, 0.5) is 0 Å². The Kier molecular flexibility index (Phi) is 3.71. The molecule has 0 bridgehead atoms. The Hall–Kier alpha value is -0.470. The molecule has 1 N–H and O–H groups in total. The summed E-state index contributed by atoms with van der Waals surface area (Å²) in [5, 5.41) is 3.47. The normalized spacial score (nSPS) is 22.9. The minimum absolute atomic E-state index is 0.542. The maximum atomic E-state index is 3.47. The van der Waals surface area contributed by atoms with E-state index in [1.165, 1.54) is 29.1 Å². The van der Waals surface area contributed by atoms with Crippen LogP contribution < -0.4 is 5.32 Å². The van der Waals surface area contributed by atoms with E-state index in [9.17, 15) is 0 Å². The first kappa shape index (κ1) is 11.0. The van der Waals surface area contributed by atoms with Gasteiger partial charge >= 0.3 is 0 Å². The average Bonchev–Trinajstić information content (AvgIpc) is 2.72. The Morgan fingerprint density at radius 3 is 2.93 bits per heavy atom. The molecule has 1 aliphatic heterocycles. The first-order valence-electron chi connectivity index (χ1n) is 5.63. The van der Waals surface area contributed by atoms with Crippen molar-refractivity contribution in [1.29, 1.82) is 0 Å². The number of hydrogen-bond donors (Lipinski definition) is 1. The largest absolute Gasteiger partial charge is 0.313 e. The molecule has 0 aromatic heterocycles. The van der Waals surface area contributed by atoms with Crippen LogP contribution >= 0.6 is 11.8 Å². The van der Waals surface area contributed by atoms with Crippen molar-refractivity contribution >= 4 is 11.8 Å². The monoisotopic (exact) mass is 221 g/mol. The highest BCUT2D eigenvalue weighted by Crippen LogP contribution is 2.34. The number of thioether (sulfide) groups is 1. The molecule has 82 valence electrons. The molecule has 0 aliphatic carbocycles. The van der Waals surface area contributed by atoms with Gasteiger partial charge < -0.3 is 5.32 Å². The van der Waals surface area contributed by atoms with E-state index in [0.29, 0.717) is 6.04 Å². The molecule has 2 heteroatoms. The molecule has 15 heavy (non-hydrogen) atoms. The van der Waals surface area contributed by atoms with Gasteiger partial charge in [-0.05, 0) is 43.4 Å². The zero-order valence-corrected chi connectivity index (χ0v) is 10.3. The van der Waals surface area contributed by atoms with Gasteiger partial charge in [-0.3, -0.25) is 0 Å². The molecular formula is C13H19NS. The molecule has 1 aromatic carbocycles. The quantitative estimate of drug-likeness (QED) is 0.842. The van der Waals surface area contributed by atoms with Gasteiger partial charge in [0, 0.05) is 6.04 Å². The molecule has 2 atom stereocenters. The summed E-state index contributed by atoms with van der Waals surface area (Å²) in [5.74, 6) is 3.44. The number of hydrogen-bond acceptors (Lipinski definition) is 2. The lowest BCUT2D eigenvalue weighted by Crippen LogP contribution is -2.25. The maximum Gasteiger partial charge on any atom is 0.0354 e. The predicted molar refractivity (Wildman–Crippen MR) is 68.4 cm³/mol. The zero-order chi connectivity index (χ0) is 10.7. The minimum atomic E-state index is 0.542. The van der Waals surface area contributed by atoms with Crippen molar-refractivity contribution in [2.24, 2.45) is 5.92 Å². The second kappa shape index (κ2) is 5.04. The van der Waals surface area contributed by atoms with E-state index in [1.54, 1.807) is 0 Å². The van der Waals surface area contributed by atoms with Gasteiger partial charge in [-0.2, -0.15) is 11.8 Å². The molecule has 1 saturated heterocycles. The molecule has 0 radical (unpaired) electrons. The van der Waals surface area contributed by atoms with Gasteiger partial charge in [-0.25, -0.2) is 0 Å². The second-order valence-corrected chi connectivity index (χ2v) is 5.45. The molecule has 0 spiro atoms. The van der Waals surface area contributed by atoms with Gasteiger partial charge in [0.25, 0.3) is 0 Å². The number of benzene rings is 1. The number of nitrogens with one attached hydrogen (secondary N) is 1. The molecule has 1 fully saturated rings. The summed E-state index contributed by atoms with van der Waals surface area (Å²) in [6.07, 6.45) is 1.35. The highest BCUT2D eigenvalue weighted by Gasteiger charge is 2.25. The lowest BCUT2D eigenvalue weighted by atomic mass is 9.92. The Bertz CT molecular complexity index is 318. The van der Waals surface area contributed by atoms with Crippen LogP contribution in [0, 0.1) is 12.8 Å². The van der Waals surface area contributed by atoms with Crippen LogP contribution in [-0.4, -0.2) is 18.6 Å². The second-order valence-electron chi connectivity index (χ2n) is 4.30. The summed E-state index contributed by atoms with van der Waals surface area (Å²) < 4.78 is 0. The topological polar surface area (TPSA) is 12.0 Å². The summed E-state index contributed by atoms with van der Waals surface area (Å²) in [6.45, 7) is 2.17. The fourth-order valence-electron chi connectivity index (χ4n) is 2.35. The summed E-state index contributed by atoms with van der Waals surface area (Å²) >= 11 is 2.08. The lowest BCUT2D eigenvalue weighted by molar-refractivity contribution is 0.420. The minimum Gasteiger partial charge on any atom is -0.313 e. The molecule has 0 amide bonds. The van der Waals surface area contributed by atoms with Crippen LogP contribution in [0.2, 0.25) is 0 Å². The molecule has 2 rings (SSSR count). The van der Waals surface area contributed by atoms with Gasteiger partial charge in [-0.1, -0.05) is 29.8 Å². The van der Waals surface area contributed by atoms with Gasteiger partial charge in [-0.15, -0.1) is 0 Å². The van der Waals surface area contributed by atoms with Crippen LogP contribution in [0.15, 0.2) is 24.3 Å². The summed E-state index contributed by atoms with van der Waals surface area (Å²) in [4.78, 5) is 0. The summed E-state index contributed by atoms with van der Waals surface area (Å²) in [5.41, 5.74) is 2.81. The van der Waals surface area contributed by atoms with Crippen LogP contribution in [0.1, 0.15) is 23.6 Å². The van der Waals surface area contributed by atoms with Gasteiger partial charge in [0.2, 0.25) is 0 Å². The molecule has 1 heterocycles. The molecule has 2 unspecified atom stereocenters. The van der Waals surface area contributed by atoms with Crippen LogP contribution in [0.25, 0.3) is 0 Å². The third kappa shape index (κ3) is 2.56. The van der Waals surface area contributed by atoms with E-state index in [0.717, 1.165) is 5.92 Å². The molecule has 1 aromatic rings. The predicted octanol–water partition coefficient (Wildman–Crippen LogP) is 3.01. The molecule has 0 saturated carbocycles. The van der Waals surface area contributed by atoms with E-state index >= 15 is 0 Å². The summed E-state index contributed by atoms with van der Waals surface area (Å²) in [7, 11) is 2.08. The fraction of sp³-hybridized carbons (Fsp3) is 0.538. The van der Waals surface area contributed by atoms with Crippen molar-refractivity contribution < 1.29 is 0 Å². The molecule has 1 aliphatic rings. The van der Waals surface area contributed by atoms with Crippen molar-refractivity contribution in [2.75, 3.05) is 18.6 Å². The van der Waals surface area contributed by atoms with Gasteiger partial charge in [0.1, 0.15) is 0 Å². The Labute approximate surface area is 96.7 Å². The standard InChI is InChI=1S/C13H19NS/c1-10-4-3-5-11(8-10)13(14-2)12-6-7-15-9-12/h3-5,8,12-14H,6-7,9H2,1-2H3. The van der Waals surface area contributed by atoms with Gasteiger partial charge in [0.15, 0.2) is 0 Å². The lowest BCUT2D eigenvalue weighted by Gasteiger charge is -2.23. The van der Waals surface area contributed by atoms with Crippen molar-refractivity contribution in [3.63, 3.8) is 0 Å². The van der Waals surface area contributed by atoms with Crippen molar-refractivity contribution in [3.8, 4) is 0 Å². The van der Waals surface area contributed by atoms with E-state index in [1.807, 2.05) is 0 Å². The smallest absolute Gasteiger partial charge is 0.0354 e. The van der Waals surface area contributed by atoms with Crippen molar-refractivity contribution in [1.82, 2.24) is 5.32 Å². The van der Waals surface area contributed by atoms with Crippen molar-refractivity contribution in [3.05, 3.63) is 35.4 Å². The van der Waals surface area contributed by atoms with Crippen LogP contribution in [0.5, 0.6) is 0 Å². The SMILES string of the molecule is CNC(c1cccc(C)c1)C1CCSC1. The van der Waals surface area contributed by atoms with Crippen LogP contribution in [-0.2, 0) is 0 Å². The maximum absolute atomic E-state index is 3.47. The highest BCUT2D eigenvalue weighted by molar-refractivity contribution is 7.99. The Morgan fingerprint density at radius 1 is 1.47 bits per heavy atom.